The second-order valence-electron chi connectivity index (χ2n) is 8.60. The van der Waals surface area contributed by atoms with Crippen molar-refractivity contribution in [2.24, 2.45) is 5.73 Å². The molecule has 0 spiro atoms. The van der Waals surface area contributed by atoms with Crippen LogP contribution in [0.5, 0.6) is 28.9 Å². The summed E-state index contributed by atoms with van der Waals surface area (Å²) in [6.07, 6.45) is 0. The normalized spacial score (nSPS) is 15.4. The minimum atomic E-state index is -0.693. The van der Waals surface area contributed by atoms with Gasteiger partial charge in [-0.05, 0) is 42.0 Å². The van der Waals surface area contributed by atoms with Crippen LogP contribution in [0.4, 0.5) is 4.39 Å². The number of allylic oxidation sites excluding steroid dienone is 1. The maximum absolute atomic E-state index is 13.4. The molecule has 190 valence electrons. The largest absolute Gasteiger partial charge is 0.493 e. The monoisotopic (exact) mass is 512 g/mol. The predicted molar refractivity (Wildman–Crippen MR) is 133 cm³/mol. The molecule has 2 aliphatic heterocycles. The number of fused-ring (bicyclic) bond motifs is 2. The molecular formula is C28H21FN4O5. The van der Waals surface area contributed by atoms with Gasteiger partial charge in [0.25, 0.3) is 0 Å². The van der Waals surface area contributed by atoms with Crippen LogP contribution in [0.15, 0.2) is 72.1 Å². The van der Waals surface area contributed by atoms with E-state index in [1.54, 1.807) is 24.3 Å². The molecule has 9 nitrogen and oxygen atoms in total. The zero-order valence-electron chi connectivity index (χ0n) is 20.2. The van der Waals surface area contributed by atoms with Crippen LogP contribution in [-0.4, -0.2) is 24.1 Å². The summed E-state index contributed by atoms with van der Waals surface area (Å²) in [5.41, 5.74) is 9.75. The Morgan fingerprint density at radius 1 is 1.13 bits per heavy atom. The van der Waals surface area contributed by atoms with Crippen LogP contribution in [0.25, 0.3) is 11.3 Å². The van der Waals surface area contributed by atoms with E-state index in [4.69, 9.17) is 29.4 Å². The molecular weight excluding hydrogens is 491 g/mol. The van der Waals surface area contributed by atoms with Gasteiger partial charge in [0.05, 0.1) is 24.3 Å². The van der Waals surface area contributed by atoms with Crippen molar-refractivity contribution in [1.82, 2.24) is 10.2 Å². The summed E-state index contributed by atoms with van der Waals surface area (Å²) < 4.78 is 42.0. The number of nitrogens with two attached hydrogens (primary N) is 1. The lowest BCUT2D eigenvalue weighted by molar-refractivity contribution is 0.174. The minimum Gasteiger partial charge on any atom is -0.493 e. The van der Waals surface area contributed by atoms with Gasteiger partial charge in [-0.3, -0.25) is 5.10 Å². The minimum absolute atomic E-state index is 0.0546. The first kappa shape index (κ1) is 23.2. The Labute approximate surface area is 216 Å². The fraction of sp³-hybridized carbons (Fsp3) is 0.143. The van der Waals surface area contributed by atoms with Crippen LogP contribution in [0, 0.1) is 17.1 Å². The molecule has 1 atom stereocenters. The quantitative estimate of drug-likeness (QED) is 0.379. The first-order chi connectivity index (χ1) is 18.6. The van der Waals surface area contributed by atoms with E-state index < -0.39 is 5.92 Å². The zero-order chi connectivity index (χ0) is 26.2. The van der Waals surface area contributed by atoms with E-state index in [2.05, 4.69) is 16.3 Å². The van der Waals surface area contributed by atoms with Crippen LogP contribution in [0.1, 0.15) is 22.6 Å². The maximum atomic E-state index is 13.4. The second-order valence-corrected chi connectivity index (χ2v) is 8.60. The van der Waals surface area contributed by atoms with Crippen molar-refractivity contribution in [2.45, 2.75) is 12.5 Å². The average Bonchev–Trinajstić information content (AvgIpc) is 3.58. The van der Waals surface area contributed by atoms with Gasteiger partial charge in [0, 0.05) is 11.1 Å². The number of para-hydroxylation sites is 1. The van der Waals surface area contributed by atoms with Gasteiger partial charge in [-0.15, -0.1) is 5.10 Å². The average molecular weight is 512 g/mol. The lowest BCUT2D eigenvalue weighted by Gasteiger charge is -2.26. The number of halogens is 1. The number of hydrogen-bond donors (Lipinski definition) is 2. The van der Waals surface area contributed by atoms with Crippen molar-refractivity contribution in [3.63, 3.8) is 0 Å². The standard InChI is InChI=1S/C28H21FN4O5/c1-34-21-4-2-3-18(26(21)35-13-15-5-8-17(29)9-6-15)23-19(12-30)27(31)38-28-24(23)25(32-33-28)16-7-10-20-22(11-16)37-14-36-20/h2-11,23H,13-14,31H2,1H3,(H,32,33)/t23-/m0/s1. The first-order valence-electron chi connectivity index (χ1n) is 11.7. The third kappa shape index (κ3) is 3.90. The highest BCUT2D eigenvalue weighted by atomic mass is 19.1. The number of methoxy groups -OCH3 is 1. The molecule has 4 aromatic rings. The Bertz CT molecular complexity index is 1610. The van der Waals surface area contributed by atoms with Crippen molar-refractivity contribution < 1.29 is 28.1 Å². The number of nitrogens with one attached hydrogen (secondary N) is 1. The highest BCUT2D eigenvalue weighted by molar-refractivity contribution is 5.74. The van der Waals surface area contributed by atoms with Crippen molar-refractivity contribution in [3.05, 3.63) is 94.6 Å². The molecule has 0 aliphatic carbocycles. The van der Waals surface area contributed by atoms with Gasteiger partial charge in [-0.25, -0.2) is 4.39 Å². The number of aromatic nitrogens is 2. The molecule has 0 fully saturated rings. The number of benzene rings is 3. The van der Waals surface area contributed by atoms with Crippen LogP contribution < -0.4 is 29.4 Å². The predicted octanol–water partition coefficient (Wildman–Crippen LogP) is 4.75. The number of H-pyrrole nitrogens is 1. The fourth-order valence-electron chi connectivity index (χ4n) is 4.64. The van der Waals surface area contributed by atoms with E-state index in [-0.39, 0.29) is 36.6 Å². The molecule has 0 saturated carbocycles. The number of ether oxygens (including phenoxy) is 5. The Kier molecular flexibility index (Phi) is 5.73. The molecule has 0 amide bonds. The van der Waals surface area contributed by atoms with Gasteiger partial charge < -0.3 is 29.4 Å². The molecule has 0 saturated heterocycles. The van der Waals surface area contributed by atoms with Crippen LogP contribution >= 0.6 is 0 Å². The molecule has 0 unspecified atom stereocenters. The Hall–Kier alpha value is -5.17. The second kappa shape index (κ2) is 9.37. The van der Waals surface area contributed by atoms with Crippen LogP contribution in [0.3, 0.4) is 0 Å². The summed E-state index contributed by atoms with van der Waals surface area (Å²) in [6, 6.07) is 19.1. The lowest BCUT2D eigenvalue weighted by atomic mass is 9.82. The third-order valence-corrected chi connectivity index (χ3v) is 6.44. The topological polar surface area (TPSA) is 125 Å². The van der Waals surface area contributed by atoms with Gasteiger partial charge in [0.15, 0.2) is 23.0 Å². The summed E-state index contributed by atoms with van der Waals surface area (Å²) in [6.45, 7) is 0.285. The number of aromatic amines is 1. The molecule has 6 rings (SSSR count). The number of nitriles is 1. The molecule has 3 heterocycles. The molecule has 10 heteroatoms. The van der Waals surface area contributed by atoms with E-state index in [0.717, 1.165) is 11.1 Å². The van der Waals surface area contributed by atoms with E-state index in [1.807, 2.05) is 24.3 Å². The van der Waals surface area contributed by atoms with Gasteiger partial charge >= 0.3 is 0 Å². The molecule has 2 aliphatic rings. The van der Waals surface area contributed by atoms with Crippen molar-refractivity contribution in [2.75, 3.05) is 13.9 Å². The van der Waals surface area contributed by atoms with Gasteiger partial charge in [-0.1, -0.05) is 24.3 Å². The number of nitrogens with zero attached hydrogens (tertiary/aromatic N) is 2. The molecule has 3 aromatic carbocycles. The molecule has 38 heavy (non-hydrogen) atoms. The Morgan fingerprint density at radius 2 is 1.95 bits per heavy atom. The SMILES string of the molecule is COc1cccc([C@H]2C(C#N)=C(N)Oc3n[nH]c(-c4ccc5c(c4)OCO5)c32)c1OCc1ccc(F)cc1. The fourth-order valence-corrected chi connectivity index (χ4v) is 4.64. The number of hydrogen-bond acceptors (Lipinski definition) is 8. The van der Waals surface area contributed by atoms with Crippen molar-refractivity contribution in [3.8, 4) is 46.2 Å². The third-order valence-electron chi connectivity index (χ3n) is 6.44. The lowest BCUT2D eigenvalue weighted by Crippen LogP contribution is -2.21. The van der Waals surface area contributed by atoms with Gasteiger partial charge in [0.2, 0.25) is 18.6 Å². The van der Waals surface area contributed by atoms with Crippen LogP contribution in [0.2, 0.25) is 0 Å². The molecule has 0 radical (unpaired) electrons. The van der Waals surface area contributed by atoms with Gasteiger partial charge in [-0.2, -0.15) is 5.26 Å². The van der Waals surface area contributed by atoms with E-state index in [9.17, 15) is 9.65 Å². The smallest absolute Gasteiger partial charge is 0.244 e. The van der Waals surface area contributed by atoms with E-state index >= 15 is 0 Å². The highest BCUT2D eigenvalue weighted by Gasteiger charge is 2.38. The summed E-state index contributed by atoms with van der Waals surface area (Å²) in [5, 5.41) is 17.5. The Morgan fingerprint density at radius 3 is 2.74 bits per heavy atom. The highest BCUT2D eigenvalue weighted by Crippen LogP contribution is 2.50. The molecule has 1 aromatic heterocycles. The van der Waals surface area contributed by atoms with E-state index in [1.165, 1.54) is 19.2 Å². The Balaban J connectivity index is 1.49. The molecule has 0 bridgehead atoms. The summed E-state index contributed by atoms with van der Waals surface area (Å²) in [4.78, 5) is 0. The van der Waals surface area contributed by atoms with E-state index in [0.29, 0.717) is 39.8 Å². The summed E-state index contributed by atoms with van der Waals surface area (Å²) in [7, 11) is 1.53. The maximum Gasteiger partial charge on any atom is 0.244 e. The molecule has 3 N–H and O–H groups in total. The van der Waals surface area contributed by atoms with Crippen molar-refractivity contribution in [1.29, 1.82) is 5.26 Å². The van der Waals surface area contributed by atoms with Gasteiger partial charge in [0.1, 0.15) is 24.1 Å². The first-order valence-corrected chi connectivity index (χ1v) is 11.7. The van der Waals surface area contributed by atoms with Crippen molar-refractivity contribution >= 4 is 0 Å². The number of rotatable bonds is 6. The summed E-state index contributed by atoms with van der Waals surface area (Å²) in [5.74, 6) is 1.27. The van der Waals surface area contributed by atoms with Crippen LogP contribution in [-0.2, 0) is 6.61 Å². The summed E-state index contributed by atoms with van der Waals surface area (Å²) >= 11 is 0. The zero-order valence-corrected chi connectivity index (χ0v) is 20.2.